The first kappa shape index (κ1) is 18.3. The number of anilines is 1. The molecule has 1 saturated heterocycles. The van der Waals surface area contributed by atoms with E-state index in [1.54, 1.807) is 11.8 Å². The van der Waals surface area contributed by atoms with Gasteiger partial charge in [0.25, 0.3) is 0 Å². The molecule has 25 heavy (non-hydrogen) atoms. The lowest BCUT2D eigenvalue weighted by molar-refractivity contribution is -0.118. The van der Waals surface area contributed by atoms with Gasteiger partial charge in [-0.05, 0) is 61.2 Å². The molecule has 0 saturated carbocycles. The van der Waals surface area contributed by atoms with Gasteiger partial charge in [0.05, 0.1) is 5.75 Å². The van der Waals surface area contributed by atoms with Crippen LogP contribution in [0.3, 0.4) is 0 Å². The maximum Gasteiger partial charge on any atom is 0.230 e. The summed E-state index contributed by atoms with van der Waals surface area (Å²) in [5, 5.41) is 3.01. The number of benzene rings is 2. The van der Waals surface area contributed by atoms with E-state index in [4.69, 9.17) is 0 Å². The molecule has 2 aromatic rings. The summed E-state index contributed by atoms with van der Waals surface area (Å²) < 4.78 is 1.07. The first-order valence-corrected chi connectivity index (χ1v) is 10.4. The Morgan fingerprint density at radius 3 is 2.56 bits per heavy atom. The van der Waals surface area contributed by atoms with Gasteiger partial charge in [0.1, 0.15) is 0 Å². The number of halogens is 1. The van der Waals surface area contributed by atoms with Gasteiger partial charge in [-0.25, -0.2) is 0 Å². The number of nitrogens with zero attached hydrogens (tertiary/aromatic N) is 1. The fourth-order valence-corrected chi connectivity index (χ4v) is 4.28. The molecule has 3 rings (SSSR count). The largest absolute Gasteiger partial charge is 0.372 e. The van der Waals surface area contributed by atoms with E-state index in [0.717, 1.165) is 28.0 Å². The van der Waals surface area contributed by atoms with E-state index in [1.165, 1.54) is 24.1 Å². The minimum atomic E-state index is 0.0657. The molecular weight excluding hydrogens is 396 g/mol. The number of nitrogens with one attached hydrogen (secondary N) is 1. The molecule has 5 heteroatoms. The summed E-state index contributed by atoms with van der Waals surface area (Å²) in [5.41, 5.74) is 3.61. The smallest absolute Gasteiger partial charge is 0.230 e. The molecule has 3 nitrogen and oxygen atoms in total. The lowest BCUT2D eigenvalue weighted by atomic mass is 10.2. The summed E-state index contributed by atoms with van der Waals surface area (Å²) in [6, 6.07) is 14.7. The lowest BCUT2D eigenvalue weighted by Gasteiger charge is -2.17. The molecule has 1 N–H and O–H groups in total. The van der Waals surface area contributed by atoms with Crippen molar-refractivity contribution in [3.8, 4) is 0 Å². The van der Waals surface area contributed by atoms with E-state index in [9.17, 15) is 4.79 Å². The zero-order chi connectivity index (χ0) is 17.6. The molecule has 0 spiro atoms. The highest BCUT2D eigenvalue weighted by Crippen LogP contribution is 2.25. The predicted molar refractivity (Wildman–Crippen MR) is 109 cm³/mol. The standard InChI is InChI=1S/C20H23BrN2OS/c1-15-12-17(21)6-9-19(15)25-14-20(24)22-13-16-4-7-18(8-5-16)23-10-2-3-11-23/h4-9,12H,2-3,10-11,13-14H2,1H3,(H,22,24). The van der Waals surface area contributed by atoms with Crippen LogP contribution < -0.4 is 10.2 Å². The van der Waals surface area contributed by atoms with Crippen LogP contribution in [0, 0.1) is 6.92 Å². The second-order valence-corrected chi connectivity index (χ2v) is 8.27. The van der Waals surface area contributed by atoms with E-state index in [0.29, 0.717) is 12.3 Å². The minimum Gasteiger partial charge on any atom is -0.372 e. The molecule has 0 aliphatic carbocycles. The van der Waals surface area contributed by atoms with Crippen LogP contribution in [0.4, 0.5) is 5.69 Å². The maximum absolute atomic E-state index is 12.1. The van der Waals surface area contributed by atoms with Gasteiger partial charge in [-0.2, -0.15) is 0 Å². The van der Waals surface area contributed by atoms with Crippen LogP contribution >= 0.6 is 27.7 Å². The number of carbonyl (C=O) groups is 1. The Morgan fingerprint density at radius 1 is 1.16 bits per heavy atom. The van der Waals surface area contributed by atoms with Crippen LogP contribution in [0.25, 0.3) is 0 Å². The van der Waals surface area contributed by atoms with Crippen molar-refractivity contribution in [2.75, 3.05) is 23.7 Å². The number of aryl methyl sites for hydroxylation is 1. The van der Waals surface area contributed by atoms with E-state index in [1.807, 2.05) is 6.07 Å². The van der Waals surface area contributed by atoms with Crippen LogP contribution in [0.5, 0.6) is 0 Å². The van der Waals surface area contributed by atoms with Crippen molar-refractivity contribution in [2.45, 2.75) is 31.2 Å². The molecule has 1 aliphatic heterocycles. The second-order valence-electron chi connectivity index (χ2n) is 6.34. The van der Waals surface area contributed by atoms with Gasteiger partial charge in [0.2, 0.25) is 5.91 Å². The van der Waals surface area contributed by atoms with Crippen molar-refractivity contribution < 1.29 is 4.79 Å². The number of carbonyl (C=O) groups excluding carboxylic acids is 1. The molecule has 0 bridgehead atoms. The maximum atomic E-state index is 12.1. The van der Waals surface area contributed by atoms with Gasteiger partial charge in [0.15, 0.2) is 0 Å². The number of rotatable bonds is 6. The first-order chi connectivity index (χ1) is 12.1. The summed E-state index contributed by atoms with van der Waals surface area (Å²) in [7, 11) is 0. The fraction of sp³-hybridized carbons (Fsp3) is 0.350. The van der Waals surface area contributed by atoms with Crippen LogP contribution in [0.1, 0.15) is 24.0 Å². The average molecular weight is 419 g/mol. The molecule has 0 aromatic heterocycles. The Labute approximate surface area is 162 Å². The second kappa shape index (κ2) is 8.77. The number of hydrogen-bond acceptors (Lipinski definition) is 3. The van der Waals surface area contributed by atoms with Crippen molar-refractivity contribution in [2.24, 2.45) is 0 Å². The van der Waals surface area contributed by atoms with Crippen molar-refractivity contribution in [1.29, 1.82) is 0 Å². The highest BCUT2D eigenvalue weighted by Gasteiger charge is 2.12. The highest BCUT2D eigenvalue weighted by atomic mass is 79.9. The molecular formula is C20H23BrN2OS. The summed E-state index contributed by atoms with van der Waals surface area (Å²) in [4.78, 5) is 15.7. The third-order valence-electron chi connectivity index (χ3n) is 4.39. The number of thioether (sulfide) groups is 1. The molecule has 1 amide bonds. The Balaban J connectivity index is 1.45. The Hall–Kier alpha value is -1.46. The normalized spacial score (nSPS) is 13.9. The molecule has 0 atom stereocenters. The Morgan fingerprint density at radius 2 is 1.88 bits per heavy atom. The predicted octanol–water partition coefficient (Wildman–Crippen LogP) is 4.77. The Kier molecular flexibility index (Phi) is 6.43. The van der Waals surface area contributed by atoms with Crippen molar-refractivity contribution >= 4 is 39.3 Å². The molecule has 1 fully saturated rings. The van der Waals surface area contributed by atoms with Crippen molar-refractivity contribution in [3.05, 3.63) is 58.1 Å². The van der Waals surface area contributed by atoms with E-state index < -0.39 is 0 Å². The summed E-state index contributed by atoms with van der Waals surface area (Å²) >= 11 is 5.04. The Bertz CT molecular complexity index is 727. The van der Waals surface area contributed by atoms with Crippen LogP contribution in [-0.2, 0) is 11.3 Å². The van der Waals surface area contributed by atoms with Gasteiger partial charge in [-0.1, -0.05) is 28.1 Å². The molecule has 0 unspecified atom stereocenters. The molecule has 2 aromatic carbocycles. The average Bonchev–Trinajstić information content (AvgIpc) is 3.14. The topological polar surface area (TPSA) is 32.3 Å². The van der Waals surface area contributed by atoms with Crippen LogP contribution in [-0.4, -0.2) is 24.7 Å². The van der Waals surface area contributed by atoms with Crippen molar-refractivity contribution in [1.82, 2.24) is 5.32 Å². The van der Waals surface area contributed by atoms with Gasteiger partial charge in [-0.15, -0.1) is 11.8 Å². The van der Waals surface area contributed by atoms with Gasteiger partial charge in [0, 0.05) is 34.7 Å². The van der Waals surface area contributed by atoms with Crippen molar-refractivity contribution in [3.63, 3.8) is 0 Å². The SMILES string of the molecule is Cc1cc(Br)ccc1SCC(=O)NCc1ccc(N2CCCC2)cc1. The summed E-state index contributed by atoms with van der Waals surface area (Å²) in [6.07, 6.45) is 2.57. The highest BCUT2D eigenvalue weighted by molar-refractivity contribution is 9.10. The van der Waals surface area contributed by atoms with E-state index in [2.05, 4.69) is 69.5 Å². The fourth-order valence-electron chi connectivity index (χ4n) is 2.97. The van der Waals surface area contributed by atoms with Crippen LogP contribution in [0.15, 0.2) is 51.8 Å². The monoisotopic (exact) mass is 418 g/mol. The number of hydrogen-bond donors (Lipinski definition) is 1. The van der Waals surface area contributed by atoms with Crippen LogP contribution in [0.2, 0.25) is 0 Å². The quantitative estimate of drug-likeness (QED) is 0.685. The minimum absolute atomic E-state index is 0.0657. The summed E-state index contributed by atoms with van der Waals surface area (Å²) in [5.74, 6) is 0.505. The summed E-state index contributed by atoms with van der Waals surface area (Å²) in [6.45, 7) is 4.96. The number of amides is 1. The van der Waals surface area contributed by atoms with Gasteiger partial charge >= 0.3 is 0 Å². The zero-order valence-corrected chi connectivity index (χ0v) is 16.8. The zero-order valence-electron chi connectivity index (χ0n) is 14.4. The third-order valence-corrected chi connectivity index (χ3v) is 6.06. The van der Waals surface area contributed by atoms with Gasteiger partial charge in [-0.3, -0.25) is 4.79 Å². The first-order valence-electron chi connectivity index (χ1n) is 8.61. The van der Waals surface area contributed by atoms with E-state index in [-0.39, 0.29) is 5.91 Å². The third kappa shape index (κ3) is 5.25. The lowest BCUT2D eigenvalue weighted by Crippen LogP contribution is -2.24. The molecule has 1 heterocycles. The van der Waals surface area contributed by atoms with Gasteiger partial charge < -0.3 is 10.2 Å². The molecule has 132 valence electrons. The molecule has 1 aliphatic rings. The molecule has 0 radical (unpaired) electrons. The van der Waals surface area contributed by atoms with E-state index >= 15 is 0 Å².